The van der Waals surface area contributed by atoms with E-state index in [1.807, 2.05) is 22.7 Å². The van der Waals surface area contributed by atoms with Crippen LogP contribution in [0.15, 0.2) is 103 Å². The van der Waals surface area contributed by atoms with Gasteiger partial charge in [0.2, 0.25) is 0 Å². The fraction of sp³-hybridized carbons (Fsp3) is 0.418. The maximum absolute atomic E-state index is 2.53. The van der Waals surface area contributed by atoms with Gasteiger partial charge in [0.1, 0.15) is 0 Å². The second kappa shape index (κ2) is 17.2. The van der Waals surface area contributed by atoms with E-state index in [0.29, 0.717) is 5.92 Å². The van der Waals surface area contributed by atoms with Crippen molar-refractivity contribution in [1.29, 1.82) is 0 Å². The molecule has 0 spiro atoms. The minimum Gasteiger partial charge on any atom is -0.134 e. The van der Waals surface area contributed by atoms with E-state index < -0.39 is 0 Å². The van der Waals surface area contributed by atoms with Crippen LogP contribution < -0.4 is 0 Å². The molecule has 2 aliphatic carbocycles. The van der Waals surface area contributed by atoms with Crippen LogP contribution in [0.1, 0.15) is 127 Å². The van der Waals surface area contributed by atoms with Gasteiger partial charge < -0.3 is 0 Å². The summed E-state index contributed by atoms with van der Waals surface area (Å²) in [5.74, 6) is 3.56. The quantitative estimate of drug-likeness (QED) is 0.0916. The predicted octanol–water partition coefficient (Wildman–Crippen LogP) is 17.3. The molecule has 0 radical (unpaired) electrons. The highest BCUT2D eigenvalue weighted by atomic mass is 32.1. The van der Waals surface area contributed by atoms with Gasteiger partial charge in [-0.15, -0.1) is 22.7 Å². The Bertz CT molecular complexity index is 2410. The number of rotatable bonds is 16. The fourth-order valence-electron chi connectivity index (χ4n) is 9.52. The highest BCUT2D eigenvalue weighted by molar-refractivity contribution is 7.33. The SMILES string of the molecule is CC(C)CCCC(C)CCc1ccc(C2=CC3C=Cc4sc5c(sc6ccc7cc(-c8ccc(CCC(C)CCCC(C)C)cc8)ccc7c65)c4C3(C)C=C2)cc1. The third kappa shape index (κ3) is 8.70. The molecule has 0 N–H and O–H groups in total. The molecule has 57 heavy (non-hydrogen) atoms. The Morgan fingerprint density at radius 1 is 0.596 bits per heavy atom. The molecule has 2 aromatic heterocycles. The first-order chi connectivity index (χ1) is 27.6. The summed E-state index contributed by atoms with van der Waals surface area (Å²) in [7, 11) is 0. The molecule has 0 amide bonds. The van der Waals surface area contributed by atoms with Gasteiger partial charge in [0.05, 0.1) is 9.40 Å². The second-order valence-corrected chi connectivity index (χ2v) is 21.0. The molecular formula is C55H64S2. The van der Waals surface area contributed by atoms with Crippen LogP contribution in [0.3, 0.4) is 0 Å². The highest BCUT2D eigenvalue weighted by Gasteiger charge is 2.40. The Balaban J connectivity index is 0.977. The maximum atomic E-state index is 2.53. The first-order valence-corrected chi connectivity index (χ1v) is 23.9. The fourth-order valence-corrected chi connectivity index (χ4v) is 12.5. The van der Waals surface area contributed by atoms with Gasteiger partial charge in [-0.3, -0.25) is 0 Å². The van der Waals surface area contributed by atoms with E-state index in [-0.39, 0.29) is 5.41 Å². The number of benzene rings is 4. The summed E-state index contributed by atoms with van der Waals surface area (Å²) in [6, 6.07) is 30.7. The van der Waals surface area contributed by atoms with Crippen molar-refractivity contribution >= 4 is 64.6 Å². The van der Waals surface area contributed by atoms with Crippen molar-refractivity contribution in [1.82, 2.24) is 0 Å². The minimum atomic E-state index is -0.0563. The summed E-state index contributed by atoms with van der Waals surface area (Å²) >= 11 is 4.00. The van der Waals surface area contributed by atoms with E-state index in [9.17, 15) is 0 Å². The number of thiophene rings is 2. The second-order valence-electron chi connectivity index (χ2n) is 18.9. The molecule has 4 aromatic carbocycles. The number of allylic oxidation sites excluding steroid dienone is 5. The monoisotopic (exact) mass is 788 g/mol. The topological polar surface area (TPSA) is 0 Å². The summed E-state index contributed by atoms with van der Waals surface area (Å²) in [4.78, 5) is 1.43. The molecule has 2 aliphatic rings. The molecule has 0 bridgehead atoms. The van der Waals surface area contributed by atoms with Crippen LogP contribution >= 0.6 is 22.7 Å². The van der Waals surface area contributed by atoms with Crippen molar-refractivity contribution in [3.63, 3.8) is 0 Å². The average molecular weight is 789 g/mol. The van der Waals surface area contributed by atoms with Gasteiger partial charge in [-0.25, -0.2) is 0 Å². The Morgan fingerprint density at radius 2 is 1.21 bits per heavy atom. The van der Waals surface area contributed by atoms with Gasteiger partial charge in [-0.2, -0.15) is 0 Å². The van der Waals surface area contributed by atoms with E-state index >= 15 is 0 Å². The zero-order chi connectivity index (χ0) is 39.7. The number of fused-ring (bicyclic) bond motifs is 9. The zero-order valence-corrected chi connectivity index (χ0v) is 37.3. The standard InChI is InChI=1S/C55H64S2/c1-36(2)10-8-12-38(5)14-16-40-18-22-42(23-19-40)44-26-29-48-46(34-44)27-30-49-51(48)53-54(56-49)52-50(57-53)31-28-47-35-45(32-33-55(47,52)7)43-24-20-41(21-25-43)17-15-39(6)13-9-11-37(3)4/h18-39,47H,8-17H2,1-7H3. The van der Waals surface area contributed by atoms with Gasteiger partial charge in [-0.1, -0.05) is 178 Å². The normalized spacial score (nSPS) is 18.8. The van der Waals surface area contributed by atoms with E-state index in [0.717, 1.165) is 23.7 Å². The van der Waals surface area contributed by atoms with Crippen molar-refractivity contribution in [3.8, 4) is 11.1 Å². The summed E-state index contributed by atoms with van der Waals surface area (Å²) in [6.45, 7) is 16.7. The molecule has 4 atom stereocenters. The largest absolute Gasteiger partial charge is 0.134 e. The van der Waals surface area contributed by atoms with Crippen LogP contribution in [0.4, 0.5) is 0 Å². The van der Waals surface area contributed by atoms with Crippen LogP contribution in [-0.4, -0.2) is 0 Å². The first-order valence-electron chi connectivity index (χ1n) is 22.3. The molecule has 296 valence electrons. The molecule has 2 heteroatoms. The Kier molecular flexibility index (Phi) is 12.1. The van der Waals surface area contributed by atoms with Gasteiger partial charge in [0.15, 0.2) is 0 Å². The van der Waals surface area contributed by atoms with Crippen LogP contribution in [0, 0.1) is 29.6 Å². The van der Waals surface area contributed by atoms with Crippen LogP contribution in [0.25, 0.3) is 53.0 Å². The molecule has 6 aromatic rings. The molecule has 0 fully saturated rings. The predicted molar refractivity (Wildman–Crippen MR) is 256 cm³/mol. The molecule has 4 unspecified atom stereocenters. The van der Waals surface area contributed by atoms with Gasteiger partial charge in [0, 0.05) is 26.3 Å². The summed E-state index contributed by atoms with van der Waals surface area (Å²) < 4.78 is 4.34. The Hall–Kier alpha value is -3.72. The summed E-state index contributed by atoms with van der Waals surface area (Å²) in [5, 5.41) is 4.14. The van der Waals surface area contributed by atoms with Gasteiger partial charge in [0.25, 0.3) is 0 Å². The lowest BCUT2D eigenvalue weighted by atomic mass is 9.66. The number of aryl methyl sites for hydroxylation is 2. The molecule has 0 aliphatic heterocycles. The van der Waals surface area contributed by atoms with Crippen molar-refractivity contribution in [2.75, 3.05) is 0 Å². The highest BCUT2D eigenvalue weighted by Crippen LogP contribution is 2.55. The van der Waals surface area contributed by atoms with Crippen LogP contribution in [0.2, 0.25) is 0 Å². The minimum absolute atomic E-state index is 0.0563. The lowest BCUT2D eigenvalue weighted by Gasteiger charge is -2.38. The molecule has 0 saturated heterocycles. The van der Waals surface area contributed by atoms with E-state index in [4.69, 9.17) is 0 Å². The van der Waals surface area contributed by atoms with Crippen LogP contribution in [0.5, 0.6) is 0 Å². The molecule has 2 heterocycles. The molecular weight excluding hydrogens is 725 g/mol. The van der Waals surface area contributed by atoms with Crippen molar-refractivity contribution < 1.29 is 0 Å². The van der Waals surface area contributed by atoms with Gasteiger partial charge >= 0.3 is 0 Å². The van der Waals surface area contributed by atoms with Gasteiger partial charge in [-0.05, 0) is 117 Å². The third-order valence-corrected chi connectivity index (χ3v) is 15.8. The average Bonchev–Trinajstić information content (AvgIpc) is 3.75. The molecule has 0 nitrogen and oxygen atoms in total. The first kappa shape index (κ1) is 40.1. The Morgan fingerprint density at radius 3 is 1.84 bits per heavy atom. The molecule has 0 saturated carbocycles. The number of hydrogen-bond donors (Lipinski definition) is 0. The lowest BCUT2D eigenvalue weighted by molar-refractivity contribution is 0.437. The third-order valence-electron chi connectivity index (χ3n) is 13.3. The van der Waals surface area contributed by atoms with E-state index in [1.54, 1.807) is 0 Å². The smallest absolute Gasteiger partial charge is 0.0545 e. The van der Waals surface area contributed by atoms with Crippen molar-refractivity contribution in [3.05, 3.63) is 130 Å². The van der Waals surface area contributed by atoms with Crippen molar-refractivity contribution in [2.45, 2.75) is 118 Å². The Labute approximate surface area is 351 Å². The van der Waals surface area contributed by atoms with Crippen molar-refractivity contribution in [2.24, 2.45) is 29.6 Å². The van der Waals surface area contributed by atoms with Crippen LogP contribution in [-0.2, 0) is 18.3 Å². The lowest BCUT2D eigenvalue weighted by Crippen LogP contribution is -2.31. The molecule has 8 rings (SSSR count). The maximum Gasteiger partial charge on any atom is 0.0545 e. The zero-order valence-electron chi connectivity index (χ0n) is 35.7. The summed E-state index contributed by atoms with van der Waals surface area (Å²) in [6.07, 6.45) is 25.4. The number of hydrogen-bond acceptors (Lipinski definition) is 2. The van der Waals surface area contributed by atoms with E-state index in [1.165, 1.54) is 138 Å². The van der Waals surface area contributed by atoms with E-state index in [2.05, 4.69) is 158 Å². The summed E-state index contributed by atoms with van der Waals surface area (Å²) in [5.41, 5.74) is 9.68.